The van der Waals surface area contributed by atoms with Crippen molar-refractivity contribution in [2.24, 2.45) is 10.8 Å². The molecule has 23 heavy (non-hydrogen) atoms. The SMILES string of the molecule is N#Cc1ccc(COc2cccc(C=NNC(N)=O)c2)c(F)c1. The maximum Gasteiger partial charge on any atom is 0.332 e. The second-order valence-electron chi connectivity index (χ2n) is 4.51. The molecule has 0 unspecified atom stereocenters. The van der Waals surface area contributed by atoms with E-state index in [0.717, 1.165) is 6.07 Å². The molecule has 0 saturated heterocycles. The Balaban J connectivity index is 2.02. The number of nitrogens with two attached hydrogens (primary N) is 1. The van der Waals surface area contributed by atoms with E-state index in [1.54, 1.807) is 24.3 Å². The molecule has 0 spiro atoms. The summed E-state index contributed by atoms with van der Waals surface area (Å²) >= 11 is 0. The highest BCUT2D eigenvalue weighted by Crippen LogP contribution is 2.16. The van der Waals surface area contributed by atoms with Crippen LogP contribution in [0.4, 0.5) is 9.18 Å². The molecule has 0 bridgehead atoms. The maximum atomic E-state index is 13.8. The van der Waals surface area contributed by atoms with Crippen molar-refractivity contribution in [1.29, 1.82) is 5.26 Å². The van der Waals surface area contributed by atoms with Gasteiger partial charge in [-0.25, -0.2) is 14.6 Å². The van der Waals surface area contributed by atoms with Crippen molar-refractivity contribution in [3.63, 3.8) is 0 Å². The molecule has 0 radical (unpaired) electrons. The summed E-state index contributed by atoms with van der Waals surface area (Å²) in [4.78, 5) is 10.5. The van der Waals surface area contributed by atoms with Gasteiger partial charge >= 0.3 is 6.03 Å². The number of urea groups is 1. The quantitative estimate of drug-likeness (QED) is 0.654. The minimum Gasteiger partial charge on any atom is -0.489 e. The van der Waals surface area contributed by atoms with Gasteiger partial charge in [-0.3, -0.25) is 0 Å². The van der Waals surface area contributed by atoms with Crippen molar-refractivity contribution in [3.8, 4) is 11.8 Å². The fourth-order valence-corrected chi connectivity index (χ4v) is 1.75. The molecule has 2 aromatic carbocycles. The summed E-state index contributed by atoms with van der Waals surface area (Å²) in [6.07, 6.45) is 1.40. The predicted molar refractivity (Wildman–Crippen MR) is 82.2 cm³/mol. The first kappa shape index (κ1) is 16.0. The van der Waals surface area contributed by atoms with Crippen LogP contribution >= 0.6 is 0 Å². The Labute approximate surface area is 132 Å². The lowest BCUT2D eigenvalue weighted by molar-refractivity contribution is 0.249. The largest absolute Gasteiger partial charge is 0.489 e. The van der Waals surface area contributed by atoms with E-state index in [1.165, 1.54) is 18.3 Å². The number of carbonyl (C=O) groups is 1. The minimum absolute atomic E-state index is 0.0255. The topological polar surface area (TPSA) is 100 Å². The molecule has 0 saturated carbocycles. The standard InChI is InChI=1S/C16H13FN4O2/c17-15-7-11(8-18)4-5-13(15)10-23-14-3-1-2-12(6-14)9-20-21-16(19)22/h1-7,9H,10H2,(H3,19,21,22). The Morgan fingerprint density at radius 3 is 2.91 bits per heavy atom. The molecular formula is C16H13FN4O2. The van der Waals surface area contributed by atoms with Crippen LogP contribution in [-0.2, 0) is 6.61 Å². The van der Waals surface area contributed by atoms with Crippen molar-refractivity contribution in [3.05, 3.63) is 65.0 Å². The van der Waals surface area contributed by atoms with Crippen molar-refractivity contribution in [2.45, 2.75) is 6.61 Å². The monoisotopic (exact) mass is 312 g/mol. The highest BCUT2D eigenvalue weighted by Gasteiger charge is 2.05. The van der Waals surface area contributed by atoms with Crippen LogP contribution in [0.3, 0.4) is 0 Å². The molecule has 6 nitrogen and oxygen atoms in total. The first-order chi connectivity index (χ1) is 11.1. The summed E-state index contributed by atoms with van der Waals surface area (Å²) in [6, 6.07) is 12.2. The third kappa shape index (κ3) is 4.82. The van der Waals surface area contributed by atoms with E-state index in [1.807, 2.05) is 6.07 Å². The highest BCUT2D eigenvalue weighted by molar-refractivity contribution is 5.81. The number of hydrogen-bond donors (Lipinski definition) is 2. The van der Waals surface area contributed by atoms with Gasteiger partial charge in [0.15, 0.2) is 0 Å². The van der Waals surface area contributed by atoms with Gasteiger partial charge in [-0.05, 0) is 29.8 Å². The number of hydrogen-bond acceptors (Lipinski definition) is 4. The molecule has 0 fully saturated rings. The summed E-state index contributed by atoms with van der Waals surface area (Å²) < 4.78 is 19.3. The number of rotatable bonds is 5. The van der Waals surface area contributed by atoms with Crippen LogP contribution in [0, 0.1) is 17.1 Å². The fraction of sp³-hybridized carbons (Fsp3) is 0.0625. The van der Waals surface area contributed by atoms with Gasteiger partial charge in [0.1, 0.15) is 18.2 Å². The Morgan fingerprint density at radius 2 is 2.22 bits per heavy atom. The minimum atomic E-state index is -0.759. The first-order valence-corrected chi connectivity index (χ1v) is 6.58. The molecule has 0 aliphatic heterocycles. The predicted octanol–water partition coefficient (Wildman–Crippen LogP) is 2.28. The number of nitrogens with one attached hydrogen (secondary N) is 1. The zero-order chi connectivity index (χ0) is 16.7. The van der Waals surface area contributed by atoms with E-state index < -0.39 is 11.8 Å². The van der Waals surface area contributed by atoms with E-state index >= 15 is 0 Å². The number of carbonyl (C=O) groups excluding carboxylic acids is 1. The van der Waals surface area contributed by atoms with E-state index in [2.05, 4.69) is 10.5 Å². The summed E-state index contributed by atoms with van der Waals surface area (Å²) in [7, 11) is 0. The van der Waals surface area contributed by atoms with Crippen LogP contribution in [0.15, 0.2) is 47.6 Å². The second-order valence-corrected chi connectivity index (χ2v) is 4.51. The Bertz CT molecular complexity index is 784. The summed E-state index contributed by atoms with van der Waals surface area (Å²) in [5, 5.41) is 12.3. The molecule has 0 heterocycles. The number of nitrogens with zero attached hydrogens (tertiary/aromatic N) is 2. The van der Waals surface area contributed by atoms with Gasteiger partial charge in [0.25, 0.3) is 0 Å². The molecule has 3 N–H and O–H groups in total. The van der Waals surface area contributed by atoms with Crippen LogP contribution in [0.2, 0.25) is 0 Å². The number of ether oxygens (including phenoxy) is 1. The molecule has 0 atom stereocenters. The molecule has 2 rings (SSSR count). The summed E-state index contributed by atoms with van der Waals surface area (Å²) in [5.74, 6) is 0.0178. The van der Waals surface area contributed by atoms with Crippen LogP contribution in [0.25, 0.3) is 0 Å². The Hall–Kier alpha value is -3.40. The van der Waals surface area contributed by atoms with Crippen LogP contribution < -0.4 is 15.9 Å². The van der Waals surface area contributed by atoms with Crippen molar-refractivity contribution < 1.29 is 13.9 Å². The molecule has 0 aliphatic carbocycles. The number of hydrazone groups is 1. The van der Waals surface area contributed by atoms with Gasteiger partial charge in [-0.15, -0.1) is 0 Å². The van der Waals surface area contributed by atoms with Crippen molar-refractivity contribution in [1.82, 2.24) is 5.43 Å². The van der Waals surface area contributed by atoms with Crippen LogP contribution in [0.5, 0.6) is 5.75 Å². The van der Waals surface area contributed by atoms with Crippen molar-refractivity contribution in [2.75, 3.05) is 0 Å². The zero-order valence-electron chi connectivity index (χ0n) is 12.0. The van der Waals surface area contributed by atoms with Crippen molar-refractivity contribution >= 4 is 12.2 Å². The lowest BCUT2D eigenvalue weighted by Gasteiger charge is -2.08. The summed E-state index contributed by atoms with van der Waals surface area (Å²) in [5.41, 5.74) is 8.25. The van der Waals surface area contributed by atoms with E-state index in [0.29, 0.717) is 16.9 Å². The number of amides is 2. The van der Waals surface area contributed by atoms with Gasteiger partial charge in [0.2, 0.25) is 0 Å². The number of benzene rings is 2. The Morgan fingerprint density at radius 1 is 1.39 bits per heavy atom. The average molecular weight is 312 g/mol. The normalized spacial score (nSPS) is 10.3. The lowest BCUT2D eigenvalue weighted by Crippen LogP contribution is -2.24. The molecular weight excluding hydrogens is 299 g/mol. The Kier molecular flexibility index (Phi) is 5.25. The van der Waals surface area contributed by atoms with Crippen LogP contribution in [-0.4, -0.2) is 12.2 Å². The molecule has 2 aromatic rings. The first-order valence-electron chi connectivity index (χ1n) is 6.58. The number of nitriles is 1. The molecule has 2 amide bonds. The van der Waals surface area contributed by atoms with Crippen LogP contribution in [0.1, 0.15) is 16.7 Å². The van der Waals surface area contributed by atoms with Gasteiger partial charge in [0.05, 0.1) is 17.8 Å². The second kappa shape index (κ2) is 7.56. The van der Waals surface area contributed by atoms with Gasteiger partial charge in [-0.2, -0.15) is 10.4 Å². The van der Waals surface area contributed by atoms with Gasteiger partial charge < -0.3 is 10.5 Å². The highest BCUT2D eigenvalue weighted by atomic mass is 19.1. The van der Waals surface area contributed by atoms with E-state index in [4.69, 9.17) is 15.7 Å². The average Bonchev–Trinajstić information content (AvgIpc) is 2.53. The third-order valence-electron chi connectivity index (χ3n) is 2.82. The lowest BCUT2D eigenvalue weighted by atomic mass is 10.1. The third-order valence-corrected chi connectivity index (χ3v) is 2.82. The number of primary amides is 1. The zero-order valence-corrected chi connectivity index (χ0v) is 12.0. The smallest absolute Gasteiger partial charge is 0.332 e. The fourth-order valence-electron chi connectivity index (χ4n) is 1.75. The van der Waals surface area contributed by atoms with E-state index in [9.17, 15) is 9.18 Å². The molecule has 116 valence electrons. The van der Waals surface area contributed by atoms with Gasteiger partial charge in [-0.1, -0.05) is 18.2 Å². The molecule has 7 heteroatoms. The summed E-state index contributed by atoms with van der Waals surface area (Å²) in [6.45, 7) is 0.0255. The molecule has 0 aromatic heterocycles. The number of halogens is 1. The maximum absolute atomic E-state index is 13.8. The van der Waals surface area contributed by atoms with Gasteiger partial charge in [0, 0.05) is 5.56 Å². The van der Waals surface area contributed by atoms with E-state index in [-0.39, 0.29) is 12.2 Å². The molecule has 0 aliphatic rings.